The zero-order valence-electron chi connectivity index (χ0n) is 19.6. The van der Waals surface area contributed by atoms with Crippen molar-refractivity contribution in [3.63, 3.8) is 0 Å². The lowest BCUT2D eigenvalue weighted by Crippen LogP contribution is -2.60. The van der Waals surface area contributed by atoms with Crippen LogP contribution in [0, 0.1) is 45.8 Å². The lowest BCUT2D eigenvalue weighted by Gasteiger charge is -2.64. The maximum absolute atomic E-state index is 12.5. The monoisotopic (exact) mass is 417 g/mol. The number of hydrogen-bond acceptors (Lipinski definition) is 2. The van der Waals surface area contributed by atoms with E-state index in [4.69, 9.17) is 0 Å². The predicted molar refractivity (Wildman–Crippen MR) is 119 cm³/mol. The number of hydrogen-bond donors (Lipinski definition) is 2. The van der Waals surface area contributed by atoms with Gasteiger partial charge < -0.3 is 10.4 Å². The van der Waals surface area contributed by atoms with Crippen LogP contribution in [0.15, 0.2) is 0 Å². The highest BCUT2D eigenvalue weighted by Gasteiger charge is 2.66. The summed E-state index contributed by atoms with van der Waals surface area (Å²) in [6, 6.07) is 0. The van der Waals surface area contributed by atoms with Gasteiger partial charge in [-0.1, -0.05) is 33.6 Å². The molecule has 0 spiro atoms. The number of fused-ring (bicyclic) bond motifs is 5. The molecule has 4 fully saturated rings. The Morgan fingerprint density at radius 1 is 1.00 bits per heavy atom. The van der Waals surface area contributed by atoms with Gasteiger partial charge in [-0.2, -0.15) is 0 Å². The van der Waals surface area contributed by atoms with Crippen LogP contribution in [0.4, 0.5) is 0 Å². The van der Waals surface area contributed by atoms with Gasteiger partial charge in [0.25, 0.3) is 0 Å². The molecule has 170 valence electrons. The molecule has 4 aliphatic rings. The van der Waals surface area contributed by atoms with E-state index in [0.717, 1.165) is 44.4 Å². The van der Waals surface area contributed by atoms with Gasteiger partial charge in [-0.3, -0.25) is 9.59 Å². The van der Waals surface area contributed by atoms with E-state index in [1.807, 2.05) is 0 Å². The van der Waals surface area contributed by atoms with Crippen LogP contribution in [-0.4, -0.2) is 24.0 Å². The van der Waals surface area contributed by atoms with Crippen molar-refractivity contribution in [2.45, 2.75) is 97.8 Å². The van der Waals surface area contributed by atoms with Crippen molar-refractivity contribution >= 4 is 11.9 Å². The van der Waals surface area contributed by atoms with Crippen LogP contribution >= 0.6 is 0 Å². The van der Waals surface area contributed by atoms with Gasteiger partial charge in [0.2, 0.25) is 5.91 Å². The molecule has 4 rings (SSSR count). The smallest absolute Gasteiger partial charge is 0.310 e. The first-order chi connectivity index (χ1) is 14.2. The lowest BCUT2D eigenvalue weighted by molar-refractivity contribution is -0.193. The lowest BCUT2D eigenvalue weighted by atomic mass is 9.40. The number of amides is 1. The quantitative estimate of drug-likeness (QED) is 0.607. The molecule has 0 heterocycles. The first-order valence-corrected chi connectivity index (χ1v) is 12.6. The minimum absolute atomic E-state index is 0.0236. The van der Waals surface area contributed by atoms with Crippen LogP contribution in [0.5, 0.6) is 0 Å². The Labute approximate surface area is 183 Å². The molecule has 0 aromatic heterocycles. The second-order valence-electron chi connectivity index (χ2n) is 11.8. The first-order valence-electron chi connectivity index (χ1n) is 12.6. The van der Waals surface area contributed by atoms with Crippen LogP contribution in [0.3, 0.4) is 0 Å². The first kappa shape index (κ1) is 22.1. The van der Waals surface area contributed by atoms with Crippen molar-refractivity contribution in [1.82, 2.24) is 5.32 Å². The molecule has 30 heavy (non-hydrogen) atoms. The Balaban J connectivity index is 1.55. The largest absolute Gasteiger partial charge is 0.481 e. The molecular formula is C26H43NO3. The maximum Gasteiger partial charge on any atom is 0.310 e. The van der Waals surface area contributed by atoms with Crippen molar-refractivity contribution in [3.8, 4) is 0 Å². The minimum Gasteiger partial charge on any atom is -0.481 e. The zero-order valence-corrected chi connectivity index (χ0v) is 19.6. The molecule has 2 N–H and O–H groups in total. The van der Waals surface area contributed by atoms with Crippen LogP contribution in [0.1, 0.15) is 97.8 Å². The number of carboxylic acids is 1. The summed E-state index contributed by atoms with van der Waals surface area (Å²) in [6.07, 6.45) is 13.0. The van der Waals surface area contributed by atoms with Gasteiger partial charge in [-0.05, 0) is 98.2 Å². The van der Waals surface area contributed by atoms with Crippen molar-refractivity contribution < 1.29 is 14.7 Å². The van der Waals surface area contributed by atoms with Gasteiger partial charge in [0.05, 0.1) is 5.41 Å². The normalized spacial score (nSPS) is 46.3. The Hall–Kier alpha value is -1.06. The topological polar surface area (TPSA) is 66.4 Å². The minimum atomic E-state index is -0.511. The van der Waals surface area contributed by atoms with Gasteiger partial charge in [-0.15, -0.1) is 0 Å². The zero-order chi connectivity index (χ0) is 21.7. The Kier molecular flexibility index (Phi) is 5.77. The summed E-state index contributed by atoms with van der Waals surface area (Å²) in [7, 11) is 1.73. The molecule has 0 aliphatic heterocycles. The number of carbonyl (C=O) groups is 2. The second-order valence-corrected chi connectivity index (χ2v) is 11.8. The molecule has 4 aliphatic carbocycles. The average molecular weight is 418 g/mol. The van der Waals surface area contributed by atoms with Gasteiger partial charge >= 0.3 is 5.97 Å². The molecule has 1 amide bonds. The van der Waals surface area contributed by atoms with E-state index in [2.05, 4.69) is 26.1 Å². The highest BCUT2D eigenvalue weighted by atomic mass is 16.4. The highest BCUT2D eigenvalue weighted by Crippen LogP contribution is 2.71. The summed E-state index contributed by atoms with van der Waals surface area (Å²) in [4.78, 5) is 24.3. The standard InChI is InChI=1S/C26H43NO3/c1-17(7-10-22(28)27-4)19-8-9-20-18-11-16-26(23(29)30)14-6-5-13-25(26,3)21(18)12-15-24(19,20)2/h17-21H,5-16H2,1-4H3,(H,27,28)(H,29,30)/t17-,18+,19-,20+,21+,24-,25-,26?/m1/s1. The summed E-state index contributed by atoms with van der Waals surface area (Å²) in [5.74, 6) is 2.97. The third-order valence-corrected chi connectivity index (χ3v) is 11.1. The molecule has 0 saturated heterocycles. The summed E-state index contributed by atoms with van der Waals surface area (Å²) < 4.78 is 0. The summed E-state index contributed by atoms with van der Waals surface area (Å²) in [6.45, 7) is 7.27. The van der Waals surface area contributed by atoms with Gasteiger partial charge in [0, 0.05) is 13.5 Å². The van der Waals surface area contributed by atoms with Crippen LogP contribution in [0.2, 0.25) is 0 Å². The fourth-order valence-electron chi connectivity index (χ4n) is 9.41. The van der Waals surface area contributed by atoms with E-state index in [-0.39, 0.29) is 11.3 Å². The highest BCUT2D eigenvalue weighted by molar-refractivity contribution is 5.76. The Bertz CT molecular complexity index is 692. The van der Waals surface area contributed by atoms with Gasteiger partial charge in [0.15, 0.2) is 0 Å². The second kappa shape index (κ2) is 7.81. The van der Waals surface area contributed by atoms with Crippen molar-refractivity contribution in [3.05, 3.63) is 0 Å². The molecule has 1 unspecified atom stereocenters. The molecule has 4 saturated carbocycles. The summed E-state index contributed by atoms with van der Waals surface area (Å²) in [5.41, 5.74) is -0.124. The van der Waals surface area contributed by atoms with E-state index in [9.17, 15) is 14.7 Å². The van der Waals surface area contributed by atoms with Crippen LogP contribution in [-0.2, 0) is 9.59 Å². The molecule has 0 aromatic rings. The molecule has 0 radical (unpaired) electrons. The summed E-state index contributed by atoms with van der Waals surface area (Å²) in [5, 5.41) is 13.1. The average Bonchev–Trinajstić information content (AvgIpc) is 3.08. The van der Waals surface area contributed by atoms with E-state index in [0.29, 0.717) is 35.5 Å². The maximum atomic E-state index is 12.5. The molecule has 0 aromatic carbocycles. The van der Waals surface area contributed by atoms with Crippen molar-refractivity contribution in [2.24, 2.45) is 45.8 Å². The fourth-order valence-corrected chi connectivity index (χ4v) is 9.41. The molecule has 8 atom stereocenters. The van der Waals surface area contributed by atoms with E-state index >= 15 is 0 Å². The number of carbonyl (C=O) groups excluding carboxylic acids is 1. The number of nitrogens with one attached hydrogen (secondary N) is 1. The Morgan fingerprint density at radius 3 is 2.43 bits per heavy atom. The Morgan fingerprint density at radius 2 is 1.73 bits per heavy atom. The third kappa shape index (κ3) is 3.06. The van der Waals surface area contributed by atoms with E-state index in [1.54, 1.807) is 7.05 Å². The number of aliphatic carboxylic acids is 1. The van der Waals surface area contributed by atoms with Crippen molar-refractivity contribution in [2.75, 3.05) is 7.05 Å². The van der Waals surface area contributed by atoms with E-state index < -0.39 is 11.4 Å². The fraction of sp³-hybridized carbons (Fsp3) is 0.923. The molecule has 0 bridgehead atoms. The van der Waals surface area contributed by atoms with Crippen LogP contribution < -0.4 is 5.32 Å². The third-order valence-electron chi connectivity index (χ3n) is 11.1. The predicted octanol–water partition coefficient (Wildman–Crippen LogP) is 5.65. The SMILES string of the molecule is CNC(=O)CC[C@@H](C)[C@H]1CC[C@H]2[C@@H]3CCC4(C(=O)O)CCCC[C@]4(C)[C@H]3CC[C@]12C. The van der Waals surface area contributed by atoms with E-state index in [1.165, 1.54) is 32.1 Å². The van der Waals surface area contributed by atoms with Gasteiger partial charge in [-0.25, -0.2) is 0 Å². The molecule has 4 nitrogen and oxygen atoms in total. The molecular weight excluding hydrogens is 374 g/mol. The molecule has 4 heteroatoms. The van der Waals surface area contributed by atoms with Gasteiger partial charge in [0.1, 0.15) is 0 Å². The number of carboxylic acid groups (broad SMARTS) is 1. The van der Waals surface area contributed by atoms with Crippen molar-refractivity contribution in [1.29, 1.82) is 0 Å². The number of rotatable bonds is 5. The van der Waals surface area contributed by atoms with Crippen LogP contribution in [0.25, 0.3) is 0 Å². The summed E-state index contributed by atoms with van der Waals surface area (Å²) >= 11 is 0.